The van der Waals surface area contributed by atoms with Crippen molar-refractivity contribution in [2.75, 3.05) is 20.8 Å². The Balaban J connectivity index is 0.00000261. The lowest BCUT2D eigenvalue weighted by atomic mass is 10.0. The number of ether oxygens (including phenoxy) is 2. The molecule has 1 heterocycles. The summed E-state index contributed by atoms with van der Waals surface area (Å²) >= 11 is 0. The Morgan fingerprint density at radius 1 is 1.30 bits per heavy atom. The van der Waals surface area contributed by atoms with Crippen LogP contribution in [0.2, 0.25) is 0 Å². The van der Waals surface area contributed by atoms with E-state index in [0.29, 0.717) is 24.7 Å². The van der Waals surface area contributed by atoms with Gasteiger partial charge in [0.15, 0.2) is 5.96 Å². The third-order valence-electron chi connectivity index (χ3n) is 4.36. The zero-order chi connectivity index (χ0) is 18.4. The molecule has 0 saturated carbocycles. The van der Waals surface area contributed by atoms with E-state index in [1.54, 1.807) is 20.2 Å². The Bertz CT molecular complexity index is 786. The number of para-hydroxylation sites is 1. The molecular formula is C20H25FIN3O2. The smallest absolute Gasteiger partial charge is 0.191 e. The second-order valence-electron chi connectivity index (χ2n) is 6.16. The number of halogens is 2. The van der Waals surface area contributed by atoms with Gasteiger partial charge in [-0.1, -0.05) is 24.3 Å². The third kappa shape index (κ3) is 5.55. The van der Waals surface area contributed by atoms with Gasteiger partial charge in [0, 0.05) is 38.2 Å². The van der Waals surface area contributed by atoms with E-state index in [1.165, 1.54) is 6.07 Å². The number of hydrogen-bond acceptors (Lipinski definition) is 3. The first-order valence-electron chi connectivity index (χ1n) is 8.66. The molecule has 1 unspecified atom stereocenters. The zero-order valence-electron chi connectivity index (χ0n) is 15.5. The number of rotatable bonds is 5. The first-order chi connectivity index (χ1) is 12.7. The highest BCUT2D eigenvalue weighted by molar-refractivity contribution is 14.0. The SMILES string of the molecule is CN=C(NCc1ccc(F)c(COC)c1)NC1CCOc2ccccc21.I. The summed E-state index contributed by atoms with van der Waals surface area (Å²) in [5.41, 5.74) is 2.65. The molecule has 3 rings (SSSR count). The lowest BCUT2D eigenvalue weighted by Gasteiger charge is -2.28. The minimum atomic E-state index is -0.253. The fourth-order valence-electron chi connectivity index (χ4n) is 3.04. The predicted octanol–water partition coefficient (Wildman–Crippen LogP) is 3.78. The highest BCUT2D eigenvalue weighted by Gasteiger charge is 2.21. The first-order valence-corrected chi connectivity index (χ1v) is 8.66. The number of guanidine groups is 1. The maximum Gasteiger partial charge on any atom is 0.191 e. The van der Waals surface area contributed by atoms with E-state index in [4.69, 9.17) is 9.47 Å². The monoisotopic (exact) mass is 485 g/mol. The summed E-state index contributed by atoms with van der Waals surface area (Å²) in [6.45, 7) is 1.47. The molecule has 27 heavy (non-hydrogen) atoms. The van der Waals surface area contributed by atoms with Gasteiger partial charge in [-0.05, 0) is 23.8 Å². The second kappa shape index (κ2) is 10.5. The summed E-state index contributed by atoms with van der Waals surface area (Å²) < 4.78 is 24.5. The lowest BCUT2D eigenvalue weighted by molar-refractivity contribution is 0.181. The number of methoxy groups -OCH3 is 1. The van der Waals surface area contributed by atoms with E-state index >= 15 is 0 Å². The number of nitrogens with one attached hydrogen (secondary N) is 2. The van der Waals surface area contributed by atoms with E-state index in [1.807, 2.05) is 24.3 Å². The topological polar surface area (TPSA) is 54.9 Å². The van der Waals surface area contributed by atoms with E-state index in [2.05, 4.69) is 21.7 Å². The van der Waals surface area contributed by atoms with Gasteiger partial charge in [-0.25, -0.2) is 4.39 Å². The van der Waals surface area contributed by atoms with Crippen LogP contribution in [0, 0.1) is 5.82 Å². The summed E-state index contributed by atoms with van der Waals surface area (Å²) in [4.78, 5) is 4.30. The molecule has 0 saturated heterocycles. The van der Waals surface area contributed by atoms with E-state index in [9.17, 15) is 4.39 Å². The molecule has 2 aromatic rings. The molecule has 0 aliphatic carbocycles. The van der Waals surface area contributed by atoms with Crippen molar-refractivity contribution in [1.82, 2.24) is 10.6 Å². The number of aliphatic imine (C=N–C) groups is 1. The van der Waals surface area contributed by atoms with Gasteiger partial charge in [-0.3, -0.25) is 4.99 Å². The highest BCUT2D eigenvalue weighted by Crippen LogP contribution is 2.31. The normalized spacial score (nSPS) is 16.0. The van der Waals surface area contributed by atoms with Gasteiger partial charge in [-0.2, -0.15) is 0 Å². The zero-order valence-corrected chi connectivity index (χ0v) is 17.8. The van der Waals surface area contributed by atoms with Crippen molar-refractivity contribution in [2.45, 2.75) is 25.6 Å². The van der Waals surface area contributed by atoms with Crippen LogP contribution >= 0.6 is 24.0 Å². The maximum absolute atomic E-state index is 13.7. The molecule has 1 aliphatic rings. The number of nitrogens with zero attached hydrogens (tertiary/aromatic N) is 1. The minimum Gasteiger partial charge on any atom is -0.493 e. The molecule has 0 radical (unpaired) electrons. The van der Waals surface area contributed by atoms with Crippen molar-refractivity contribution in [3.05, 3.63) is 65.0 Å². The van der Waals surface area contributed by atoms with Gasteiger partial charge in [-0.15, -0.1) is 24.0 Å². The largest absolute Gasteiger partial charge is 0.493 e. The van der Waals surface area contributed by atoms with E-state index in [0.717, 1.165) is 23.3 Å². The molecule has 2 aromatic carbocycles. The summed E-state index contributed by atoms with van der Waals surface area (Å²) in [5, 5.41) is 6.73. The molecule has 1 aliphatic heterocycles. The first kappa shape index (κ1) is 21.4. The van der Waals surface area contributed by atoms with Gasteiger partial charge in [0.25, 0.3) is 0 Å². The Labute approximate surface area is 176 Å². The van der Waals surface area contributed by atoms with Gasteiger partial charge >= 0.3 is 0 Å². The summed E-state index contributed by atoms with van der Waals surface area (Å²) in [7, 11) is 3.30. The molecule has 0 spiro atoms. The highest BCUT2D eigenvalue weighted by atomic mass is 127. The third-order valence-corrected chi connectivity index (χ3v) is 4.36. The van der Waals surface area contributed by atoms with Crippen molar-refractivity contribution >= 4 is 29.9 Å². The average Bonchev–Trinajstić information content (AvgIpc) is 2.67. The van der Waals surface area contributed by atoms with Crippen LogP contribution in [0.25, 0.3) is 0 Å². The average molecular weight is 485 g/mol. The van der Waals surface area contributed by atoms with Crippen LogP contribution in [0.15, 0.2) is 47.5 Å². The quantitative estimate of drug-likeness (QED) is 0.385. The van der Waals surface area contributed by atoms with Crippen LogP contribution in [0.3, 0.4) is 0 Å². The molecule has 0 aromatic heterocycles. The molecule has 146 valence electrons. The van der Waals surface area contributed by atoms with Crippen molar-refractivity contribution in [1.29, 1.82) is 0 Å². The lowest BCUT2D eigenvalue weighted by Crippen LogP contribution is -2.40. The number of benzene rings is 2. The van der Waals surface area contributed by atoms with Crippen molar-refractivity contribution < 1.29 is 13.9 Å². The molecule has 2 N–H and O–H groups in total. The molecule has 7 heteroatoms. The minimum absolute atomic E-state index is 0. The van der Waals surface area contributed by atoms with E-state index in [-0.39, 0.29) is 42.4 Å². The van der Waals surface area contributed by atoms with Gasteiger partial charge in [0.1, 0.15) is 11.6 Å². The number of fused-ring (bicyclic) bond motifs is 1. The Morgan fingerprint density at radius 2 is 2.11 bits per heavy atom. The van der Waals surface area contributed by atoms with E-state index < -0.39 is 0 Å². The summed E-state index contributed by atoms with van der Waals surface area (Å²) in [6, 6.07) is 13.2. The molecule has 0 bridgehead atoms. The van der Waals surface area contributed by atoms with Crippen molar-refractivity contribution in [3.8, 4) is 5.75 Å². The predicted molar refractivity (Wildman–Crippen MR) is 115 cm³/mol. The van der Waals surface area contributed by atoms with Crippen LogP contribution in [0.4, 0.5) is 4.39 Å². The molecule has 0 fully saturated rings. The van der Waals surface area contributed by atoms with Crippen LogP contribution in [0.1, 0.15) is 29.2 Å². The maximum atomic E-state index is 13.7. The molecule has 0 amide bonds. The van der Waals surface area contributed by atoms with Crippen LogP contribution in [0.5, 0.6) is 5.75 Å². The van der Waals surface area contributed by atoms with Gasteiger partial charge < -0.3 is 20.1 Å². The molecule has 5 nitrogen and oxygen atoms in total. The summed E-state index contributed by atoms with van der Waals surface area (Å²) in [5.74, 6) is 1.36. The molecular weight excluding hydrogens is 460 g/mol. The Morgan fingerprint density at radius 3 is 2.89 bits per heavy atom. The van der Waals surface area contributed by atoms with Gasteiger partial charge in [0.2, 0.25) is 0 Å². The van der Waals surface area contributed by atoms with Crippen LogP contribution in [-0.2, 0) is 17.9 Å². The fraction of sp³-hybridized carbons (Fsp3) is 0.350. The van der Waals surface area contributed by atoms with Gasteiger partial charge in [0.05, 0.1) is 19.3 Å². The van der Waals surface area contributed by atoms with Crippen molar-refractivity contribution in [2.24, 2.45) is 4.99 Å². The number of hydrogen-bond donors (Lipinski definition) is 2. The van der Waals surface area contributed by atoms with Crippen LogP contribution < -0.4 is 15.4 Å². The molecule has 1 atom stereocenters. The second-order valence-corrected chi connectivity index (χ2v) is 6.16. The van der Waals surface area contributed by atoms with Crippen molar-refractivity contribution in [3.63, 3.8) is 0 Å². The Kier molecular flexibility index (Phi) is 8.30. The summed E-state index contributed by atoms with van der Waals surface area (Å²) in [6.07, 6.45) is 0.867. The standard InChI is InChI=1S/C20H24FN3O2.HI/c1-22-20(23-12-14-7-8-17(21)15(11-14)13-25-2)24-18-9-10-26-19-6-4-3-5-16(18)19;/h3-8,11,18H,9-10,12-13H2,1-2H3,(H2,22,23,24);1H. The fourth-order valence-corrected chi connectivity index (χ4v) is 3.04. The Hall–Kier alpha value is -1.87. The van der Waals surface area contributed by atoms with Crippen LogP contribution in [-0.4, -0.2) is 26.7 Å².